The van der Waals surface area contributed by atoms with E-state index in [9.17, 15) is 4.79 Å². The van der Waals surface area contributed by atoms with Crippen molar-refractivity contribution >= 4 is 12.2 Å². The molecule has 0 aliphatic heterocycles. The number of carboxylic acids is 1. The first-order valence-corrected chi connectivity index (χ1v) is 5.42. The van der Waals surface area contributed by atoms with Crippen LogP contribution >= 0.6 is 0 Å². The van der Waals surface area contributed by atoms with Gasteiger partial charge in [0, 0.05) is 6.54 Å². The highest BCUT2D eigenvalue weighted by Gasteiger charge is 2.09. The Morgan fingerprint density at radius 2 is 2.25 bits per heavy atom. The zero-order valence-corrected chi connectivity index (χ0v) is 9.73. The molecule has 86 valence electrons. The van der Waals surface area contributed by atoms with Crippen molar-refractivity contribution in [2.45, 2.75) is 26.7 Å². The van der Waals surface area contributed by atoms with Crippen molar-refractivity contribution in [2.24, 2.45) is 4.99 Å². The quantitative estimate of drug-likeness (QED) is 0.611. The fourth-order valence-electron chi connectivity index (χ4n) is 1.63. The number of rotatable bonds is 5. The molecule has 0 aliphatic carbocycles. The predicted octanol–water partition coefficient (Wildman–Crippen LogP) is 2.72. The first kappa shape index (κ1) is 12.4. The first-order valence-electron chi connectivity index (χ1n) is 5.42. The minimum atomic E-state index is -0.853. The number of aryl methyl sites for hydroxylation is 2. The highest BCUT2D eigenvalue weighted by Crippen LogP contribution is 2.14. The summed E-state index contributed by atoms with van der Waals surface area (Å²) in [5, 5.41) is 9.03. The Balaban J connectivity index is 2.76. The van der Waals surface area contributed by atoms with Gasteiger partial charge in [-0.25, -0.2) is 4.79 Å². The average Bonchev–Trinajstić information content (AvgIpc) is 2.24. The molecule has 0 atom stereocenters. The SMILES string of the molecule is CC=NCCCc1cc(C)ccc1C(=O)O. The molecule has 0 unspecified atom stereocenters. The van der Waals surface area contributed by atoms with Crippen LogP contribution in [0.2, 0.25) is 0 Å². The van der Waals surface area contributed by atoms with Gasteiger partial charge in [-0.2, -0.15) is 0 Å². The smallest absolute Gasteiger partial charge is 0.335 e. The van der Waals surface area contributed by atoms with Crippen LogP contribution in [-0.4, -0.2) is 23.8 Å². The van der Waals surface area contributed by atoms with Crippen LogP contribution in [-0.2, 0) is 6.42 Å². The minimum absolute atomic E-state index is 0.408. The van der Waals surface area contributed by atoms with Gasteiger partial charge < -0.3 is 5.11 Å². The molecule has 0 radical (unpaired) electrons. The van der Waals surface area contributed by atoms with E-state index in [0.29, 0.717) is 5.56 Å². The molecule has 0 aromatic heterocycles. The Labute approximate surface area is 95.8 Å². The standard InChI is InChI=1S/C13H17NO2/c1-3-14-8-4-5-11-9-10(2)6-7-12(11)13(15)16/h3,6-7,9H,4-5,8H2,1-2H3,(H,15,16). The summed E-state index contributed by atoms with van der Waals surface area (Å²) in [6.45, 7) is 4.61. The van der Waals surface area contributed by atoms with Gasteiger partial charge in [-0.05, 0) is 44.5 Å². The lowest BCUT2D eigenvalue weighted by atomic mass is 10.0. The van der Waals surface area contributed by atoms with Gasteiger partial charge in [-0.1, -0.05) is 17.7 Å². The normalized spacial score (nSPS) is 10.9. The van der Waals surface area contributed by atoms with Crippen molar-refractivity contribution < 1.29 is 9.90 Å². The predicted molar refractivity (Wildman–Crippen MR) is 65.5 cm³/mol. The second-order valence-electron chi connectivity index (χ2n) is 3.73. The number of aromatic carboxylic acids is 1. The molecule has 0 bridgehead atoms. The molecule has 1 N–H and O–H groups in total. The van der Waals surface area contributed by atoms with Crippen LogP contribution < -0.4 is 0 Å². The number of hydrogen-bond donors (Lipinski definition) is 1. The third-order valence-electron chi connectivity index (χ3n) is 2.41. The largest absolute Gasteiger partial charge is 0.478 e. The van der Waals surface area contributed by atoms with Gasteiger partial charge in [0.1, 0.15) is 0 Å². The summed E-state index contributed by atoms with van der Waals surface area (Å²) < 4.78 is 0. The molecule has 16 heavy (non-hydrogen) atoms. The second kappa shape index (κ2) is 6.05. The van der Waals surface area contributed by atoms with Crippen molar-refractivity contribution in [3.8, 4) is 0 Å². The zero-order chi connectivity index (χ0) is 12.0. The van der Waals surface area contributed by atoms with Gasteiger partial charge in [-0.15, -0.1) is 0 Å². The van der Waals surface area contributed by atoms with Gasteiger partial charge in [0.15, 0.2) is 0 Å². The van der Waals surface area contributed by atoms with E-state index in [-0.39, 0.29) is 0 Å². The van der Waals surface area contributed by atoms with Crippen LogP contribution in [0.15, 0.2) is 23.2 Å². The van der Waals surface area contributed by atoms with Gasteiger partial charge in [0.05, 0.1) is 5.56 Å². The van der Waals surface area contributed by atoms with E-state index >= 15 is 0 Å². The van der Waals surface area contributed by atoms with Crippen LogP contribution in [0.1, 0.15) is 34.8 Å². The van der Waals surface area contributed by atoms with Gasteiger partial charge >= 0.3 is 5.97 Å². The molecule has 3 nitrogen and oxygen atoms in total. The van der Waals surface area contributed by atoms with Crippen molar-refractivity contribution in [1.82, 2.24) is 0 Å². The summed E-state index contributed by atoms with van der Waals surface area (Å²) in [6.07, 6.45) is 3.42. The molecule has 0 saturated heterocycles. The molecule has 0 spiro atoms. The van der Waals surface area contributed by atoms with Crippen LogP contribution in [0.5, 0.6) is 0 Å². The second-order valence-corrected chi connectivity index (χ2v) is 3.73. The molecule has 0 aliphatic rings. The third kappa shape index (κ3) is 3.50. The van der Waals surface area contributed by atoms with Crippen molar-refractivity contribution in [3.05, 3.63) is 34.9 Å². The number of aliphatic imine (C=N–C) groups is 1. The summed E-state index contributed by atoms with van der Waals surface area (Å²) in [5.74, 6) is -0.853. The average molecular weight is 219 g/mol. The number of carbonyl (C=O) groups is 1. The lowest BCUT2D eigenvalue weighted by Crippen LogP contribution is -2.03. The summed E-state index contributed by atoms with van der Waals surface area (Å²) in [6, 6.07) is 5.45. The van der Waals surface area contributed by atoms with Crippen molar-refractivity contribution in [1.29, 1.82) is 0 Å². The molecule has 1 aromatic rings. The van der Waals surface area contributed by atoms with E-state index in [1.807, 2.05) is 26.0 Å². The topological polar surface area (TPSA) is 49.7 Å². The van der Waals surface area contributed by atoms with E-state index in [1.54, 1.807) is 12.3 Å². The summed E-state index contributed by atoms with van der Waals surface area (Å²) in [4.78, 5) is 15.1. The molecule has 0 saturated carbocycles. The number of carboxylic acid groups (broad SMARTS) is 1. The molecule has 0 fully saturated rings. The first-order chi connectivity index (χ1) is 7.65. The Morgan fingerprint density at radius 1 is 1.50 bits per heavy atom. The molecule has 1 rings (SSSR count). The highest BCUT2D eigenvalue weighted by molar-refractivity contribution is 5.89. The van der Waals surface area contributed by atoms with E-state index < -0.39 is 5.97 Å². The lowest BCUT2D eigenvalue weighted by Gasteiger charge is -2.06. The summed E-state index contributed by atoms with van der Waals surface area (Å²) >= 11 is 0. The van der Waals surface area contributed by atoms with Crippen LogP contribution in [0, 0.1) is 6.92 Å². The fraction of sp³-hybridized carbons (Fsp3) is 0.385. The number of nitrogens with zero attached hydrogens (tertiary/aromatic N) is 1. The Bertz CT molecular complexity index is 397. The van der Waals surface area contributed by atoms with Crippen LogP contribution in [0.4, 0.5) is 0 Å². The number of hydrogen-bond acceptors (Lipinski definition) is 2. The van der Waals surface area contributed by atoms with E-state index in [0.717, 1.165) is 30.5 Å². The Morgan fingerprint density at radius 3 is 2.88 bits per heavy atom. The monoisotopic (exact) mass is 219 g/mol. The molecule has 3 heteroatoms. The lowest BCUT2D eigenvalue weighted by molar-refractivity contribution is 0.0695. The highest BCUT2D eigenvalue weighted by atomic mass is 16.4. The van der Waals surface area contributed by atoms with Gasteiger partial charge in [0.2, 0.25) is 0 Å². The molecular weight excluding hydrogens is 202 g/mol. The Hall–Kier alpha value is -1.64. The van der Waals surface area contributed by atoms with Crippen LogP contribution in [0.3, 0.4) is 0 Å². The Kier molecular flexibility index (Phi) is 4.70. The fourth-order valence-corrected chi connectivity index (χ4v) is 1.63. The van der Waals surface area contributed by atoms with Crippen molar-refractivity contribution in [2.75, 3.05) is 6.54 Å². The molecule has 1 aromatic carbocycles. The van der Waals surface area contributed by atoms with E-state index in [2.05, 4.69) is 4.99 Å². The van der Waals surface area contributed by atoms with Gasteiger partial charge in [-0.3, -0.25) is 4.99 Å². The third-order valence-corrected chi connectivity index (χ3v) is 2.41. The van der Waals surface area contributed by atoms with E-state index in [1.165, 1.54) is 0 Å². The maximum absolute atomic E-state index is 11.0. The maximum atomic E-state index is 11.0. The van der Waals surface area contributed by atoms with Crippen LogP contribution in [0.25, 0.3) is 0 Å². The minimum Gasteiger partial charge on any atom is -0.478 e. The number of benzene rings is 1. The summed E-state index contributed by atoms with van der Waals surface area (Å²) in [5.41, 5.74) is 2.41. The molecule has 0 amide bonds. The molecule has 0 heterocycles. The maximum Gasteiger partial charge on any atom is 0.335 e. The van der Waals surface area contributed by atoms with Gasteiger partial charge in [0.25, 0.3) is 0 Å². The van der Waals surface area contributed by atoms with E-state index in [4.69, 9.17) is 5.11 Å². The molecular formula is C13H17NO2. The summed E-state index contributed by atoms with van der Waals surface area (Å²) in [7, 11) is 0. The zero-order valence-electron chi connectivity index (χ0n) is 9.73. The van der Waals surface area contributed by atoms with Crippen molar-refractivity contribution in [3.63, 3.8) is 0 Å².